The number of carbonyl (C=O) groups excluding carboxylic acids is 1. The average Bonchev–Trinajstić information content (AvgIpc) is 2.91. The van der Waals surface area contributed by atoms with Crippen LogP contribution >= 0.6 is 22.9 Å². The molecule has 0 aliphatic rings. The Labute approximate surface area is 142 Å². The number of aromatic nitrogens is 2. The molecule has 23 heavy (non-hydrogen) atoms. The molecule has 0 bridgehead atoms. The lowest BCUT2D eigenvalue weighted by Gasteiger charge is -2.09. The summed E-state index contributed by atoms with van der Waals surface area (Å²) < 4.78 is 5.13. The highest BCUT2D eigenvalue weighted by Crippen LogP contribution is 2.26. The fourth-order valence-electron chi connectivity index (χ4n) is 2.17. The standard InChI is InChI=1S/C16H14ClN3O2S/c1-9-7-12-16(23-9)20-13(14(17)21)15(19-12)18-8-10-3-5-11(22-2)6-4-10/h3-7H,8H2,1-2H3,(H,18,19). The molecule has 0 atom stereocenters. The van der Waals surface area contributed by atoms with Gasteiger partial charge in [0.15, 0.2) is 11.5 Å². The third-order valence-corrected chi connectivity index (χ3v) is 4.40. The third kappa shape index (κ3) is 3.43. The molecule has 5 nitrogen and oxygen atoms in total. The number of benzene rings is 1. The molecular formula is C16H14ClN3O2S. The zero-order chi connectivity index (χ0) is 16.4. The van der Waals surface area contributed by atoms with E-state index in [4.69, 9.17) is 16.3 Å². The normalized spacial score (nSPS) is 10.7. The lowest BCUT2D eigenvalue weighted by molar-refractivity contribution is 0.107. The second-order valence-electron chi connectivity index (χ2n) is 4.94. The molecule has 2 aromatic heterocycles. The second kappa shape index (κ2) is 6.52. The van der Waals surface area contributed by atoms with E-state index in [0.717, 1.165) is 21.7 Å². The number of aryl methyl sites for hydroxylation is 1. The van der Waals surface area contributed by atoms with Gasteiger partial charge in [0, 0.05) is 11.4 Å². The molecule has 0 saturated heterocycles. The molecule has 0 spiro atoms. The topological polar surface area (TPSA) is 64.1 Å². The number of carbonyl (C=O) groups is 1. The predicted octanol–water partition coefficient (Wildman–Crippen LogP) is 4.00. The Morgan fingerprint density at radius 3 is 2.70 bits per heavy atom. The summed E-state index contributed by atoms with van der Waals surface area (Å²) in [6.07, 6.45) is 0. The maximum Gasteiger partial charge on any atom is 0.274 e. The number of halogens is 1. The summed E-state index contributed by atoms with van der Waals surface area (Å²) in [7, 11) is 1.62. The van der Waals surface area contributed by atoms with Gasteiger partial charge >= 0.3 is 0 Å². The Morgan fingerprint density at radius 1 is 1.30 bits per heavy atom. The Hall–Kier alpha value is -2.18. The van der Waals surface area contributed by atoms with Gasteiger partial charge in [0.25, 0.3) is 5.24 Å². The van der Waals surface area contributed by atoms with Crippen molar-refractivity contribution in [1.82, 2.24) is 9.97 Å². The molecule has 0 saturated carbocycles. The van der Waals surface area contributed by atoms with E-state index in [2.05, 4.69) is 15.3 Å². The van der Waals surface area contributed by atoms with Gasteiger partial charge in [-0.15, -0.1) is 11.3 Å². The first kappa shape index (κ1) is 15.7. The average molecular weight is 348 g/mol. The number of nitrogens with one attached hydrogen (secondary N) is 1. The van der Waals surface area contributed by atoms with Crippen LogP contribution in [0.25, 0.3) is 10.3 Å². The zero-order valence-corrected chi connectivity index (χ0v) is 14.2. The summed E-state index contributed by atoms with van der Waals surface area (Å²) in [5.41, 5.74) is 1.93. The molecule has 0 radical (unpaired) electrons. The molecule has 0 aliphatic heterocycles. The molecule has 3 aromatic rings. The number of hydrogen-bond acceptors (Lipinski definition) is 6. The van der Waals surface area contributed by atoms with Crippen molar-refractivity contribution in [2.45, 2.75) is 13.5 Å². The number of anilines is 1. The molecule has 118 valence electrons. The quantitative estimate of drug-likeness (QED) is 0.707. The monoisotopic (exact) mass is 347 g/mol. The number of fused-ring (bicyclic) bond motifs is 1. The maximum absolute atomic E-state index is 11.6. The van der Waals surface area contributed by atoms with Gasteiger partial charge in [0.1, 0.15) is 16.1 Å². The highest BCUT2D eigenvalue weighted by atomic mass is 35.5. The molecule has 0 fully saturated rings. The van der Waals surface area contributed by atoms with Crippen LogP contribution in [0.2, 0.25) is 0 Å². The number of methoxy groups -OCH3 is 1. The van der Waals surface area contributed by atoms with E-state index in [0.29, 0.717) is 17.2 Å². The van der Waals surface area contributed by atoms with Gasteiger partial charge in [-0.05, 0) is 42.3 Å². The Balaban J connectivity index is 1.88. The van der Waals surface area contributed by atoms with Crippen LogP contribution in [0.4, 0.5) is 5.82 Å². The van der Waals surface area contributed by atoms with Crippen LogP contribution in [0.1, 0.15) is 20.9 Å². The molecule has 2 heterocycles. The van der Waals surface area contributed by atoms with Crippen LogP contribution in [0.3, 0.4) is 0 Å². The molecule has 1 N–H and O–H groups in total. The summed E-state index contributed by atoms with van der Waals surface area (Å²) in [4.78, 5) is 22.2. The maximum atomic E-state index is 11.6. The number of rotatable bonds is 5. The third-order valence-electron chi connectivity index (χ3n) is 3.29. The highest BCUT2D eigenvalue weighted by Gasteiger charge is 2.15. The van der Waals surface area contributed by atoms with E-state index in [9.17, 15) is 4.79 Å². The van der Waals surface area contributed by atoms with Crippen LogP contribution in [-0.4, -0.2) is 22.3 Å². The lowest BCUT2D eigenvalue weighted by Crippen LogP contribution is -2.08. The summed E-state index contributed by atoms with van der Waals surface area (Å²) in [6.45, 7) is 2.48. The smallest absolute Gasteiger partial charge is 0.274 e. The number of thiophene rings is 1. The van der Waals surface area contributed by atoms with Crippen LogP contribution in [0.15, 0.2) is 30.3 Å². The summed E-state index contributed by atoms with van der Waals surface area (Å²) in [5, 5.41) is 2.51. The van der Waals surface area contributed by atoms with Crippen molar-refractivity contribution in [3.05, 3.63) is 46.5 Å². The van der Waals surface area contributed by atoms with E-state index < -0.39 is 5.24 Å². The lowest BCUT2D eigenvalue weighted by atomic mass is 10.2. The van der Waals surface area contributed by atoms with Gasteiger partial charge in [0.05, 0.1) is 7.11 Å². The van der Waals surface area contributed by atoms with E-state index in [1.165, 1.54) is 11.3 Å². The minimum atomic E-state index is -0.623. The van der Waals surface area contributed by atoms with Crippen LogP contribution in [-0.2, 0) is 6.54 Å². The number of nitrogens with zero attached hydrogens (tertiary/aromatic N) is 2. The molecule has 0 unspecified atom stereocenters. The van der Waals surface area contributed by atoms with Gasteiger partial charge in [-0.25, -0.2) is 9.97 Å². The first-order chi connectivity index (χ1) is 11.1. The predicted molar refractivity (Wildman–Crippen MR) is 92.7 cm³/mol. The number of ether oxygens (including phenoxy) is 1. The summed E-state index contributed by atoms with van der Waals surface area (Å²) in [5.74, 6) is 1.19. The minimum Gasteiger partial charge on any atom is -0.497 e. The Bertz CT molecular complexity index is 862. The van der Waals surface area contributed by atoms with Crippen molar-refractivity contribution in [3.8, 4) is 5.75 Å². The van der Waals surface area contributed by atoms with Crippen LogP contribution in [0.5, 0.6) is 5.75 Å². The highest BCUT2D eigenvalue weighted by molar-refractivity contribution is 7.18. The van der Waals surface area contributed by atoms with Crippen molar-refractivity contribution >= 4 is 44.3 Å². The first-order valence-corrected chi connectivity index (χ1v) is 8.11. The SMILES string of the molecule is COc1ccc(CNc2nc3cc(C)sc3nc2C(=O)Cl)cc1. The van der Waals surface area contributed by atoms with Crippen molar-refractivity contribution in [2.75, 3.05) is 12.4 Å². The largest absolute Gasteiger partial charge is 0.497 e. The Morgan fingerprint density at radius 2 is 2.04 bits per heavy atom. The van der Waals surface area contributed by atoms with Gasteiger partial charge in [-0.2, -0.15) is 0 Å². The fraction of sp³-hybridized carbons (Fsp3) is 0.188. The molecule has 7 heteroatoms. The molecule has 0 amide bonds. The second-order valence-corrected chi connectivity index (χ2v) is 6.52. The van der Waals surface area contributed by atoms with Crippen LogP contribution in [0, 0.1) is 6.92 Å². The molecule has 1 aromatic carbocycles. The number of hydrogen-bond donors (Lipinski definition) is 1. The van der Waals surface area contributed by atoms with Crippen LogP contribution < -0.4 is 10.1 Å². The molecule has 3 rings (SSSR count). The summed E-state index contributed by atoms with van der Waals surface area (Å²) in [6, 6.07) is 9.57. The van der Waals surface area contributed by atoms with Gasteiger partial charge in [0.2, 0.25) is 0 Å². The van der Waals surface area contributed by atoms with E-state index in [1.807, 2.05) is 37.3 Å². The minimum absolute atomic E-state index is 0.148. The van der Waals surface area contributed by atoms with Crippen molar-refractivity contribution in [3.63, 3.8) is 0 Å². The van der Waals surface area contributed by atoms with Gasteiger partial charge < -0.3 is 10.1 Å². The molecule has 0 aliphatic carbocycles. The summed E-state index contributed by atoms with van der Waals surface area (Å²) >= 11 is 7.13. The van der Waals surface area contributed by atoms with Crippen molar-refractivity contribution in [1.29, 1.82) is 0 Å². The van der Waals surface area contributed by atoms with E-state index in [1.54, 1.807) is 7.11 Å². The first-order valence-electron chi connectivity index (χ1n) is 6.91. The van der Waals surface area contributed by atoms with Gasteiger partial charge in [-0.1, -0.05) is 12.1 Å². The van der Waals surface area contributed by atoms with Crippen molar-refractivity contribution < 1.29 is 9.53 Å². The van der Waals surface area contributed by atoms with E-state index in [-0.39, 0.29) is 5.69 Å². The van der Waals surface area contributed by atoms with Crippen molar-refractivity contribution in [2.24, 2.45) is 0 Å². The fourth-order valence-corrected chi connectivity index (χ4v) is 3.12. The van der Waals surface area contributed by atoms with E-state index >= 15 is 0 Å². The molecular weight excluding hydrogens is 334 g/mol. The van der Waals surface area contributed by atoms with Gasteiger partial charge in [-0.3, -0.25) is 4.79 Å². The zero-order valence-electron chi connectivity index (χ0n) is 12.6. The Kier molecular flexibility index (Phi) is 4.45.